The molecular formula is C27H33N3O4. The first-order chi connectivity index (χ1) is 16.5. The van der Waals surface area contributed by atoms with Gasteiger partial charge in [0.1, 0.15) is 5.54 Å². The molecule has 180 valence electrons. The van der Waals surface area contributed by atoms with Gasteiger partial charge in [-0.2, -0.15) is 0 Å². The van der Waals surface area contributed by atoms with Crippen molar-refractivity contribution in [3.63, 3.8) is 0 Å². The average Bonchev–Trinajstić information content (AvgIpc) is 3.42. The Kier molecular flexibility index (Phi) is 6.46. The molecule has 0 aromatic heterocycles. The van der Waals surface area contributed by atoms with E-state index in [9.17, 15) is 9.59 Å². The summed E-state index contributed by atoms with van der Waals surface area (Å²) in [6.45, 7) is 5.47. The molecule has 2 saturated heterocycles. The van der Waals surface area contributed by atoms with Gasteiger partial charge in [-0.05, 0) is 80.3 Å². The number of benzene rings is 2. The number of nitrogens with one attached hydrogen (secondary N) is 2. The van der Waals surface area contributed by atoms with Crippen molar-refractivity contribution in [2.24, 2.45) is 11.8 Å². The van der Waals surface area contributed by atoms with E-state index in [1.165, 1.54) is 11.1 Å². The van der Waals surface area contributed by atoms with Crippen LogP contribution in [-0.2, 0) is 17.6 Å². The van der Waals surface area contributed by atoms with Gasteiger partial charge in [-0.3, -0.25) is 10.1 Å². The Balaban J connectivity index is 1.17. The van der Waals surface area contributed by atoms with Gasteiger partial charge < -0.3 is 19.7 Å². The number of ether oxygens (including phenoxy) is 2. The summed E-state index contributed by atoms with van der Waals surface area (Å²) in [7, 11) is 0. The first-order valence-electron chi connectivity index (χ1n) is 12.3. The fraction of sp³-hybridized carbons (Fsp3) is 0.481. The molecule has 5 rings (SSSR count). The van der Waals surface area contributed by atoms with E-state index in [0.717, 1.165) is 56.8 Å². The number of nitrogens with zero attached hydrogens (tertiary/aromatic N) is 1. The molecule has 3 aliphatic rings. The van der Waals surface area contributed by atoms with Crippen molar-refractivity contribution in [2.45, 2.75) is 44.6 Å². The molecule has 0 aliphatic carbocycles. The van der Waals surface area contributed by atoms with Crippen molar-refractivity contribution in [2.75, 3.05) is 26.4 Å². The summed E-state index contributed by atoms with van der Waals surface area (Å²) >= 11 is 0. The van der Waals surface area contributed by atoms with E-state index in [1.807, 2.05) is 24.3 Å². The number of likely N-dealkylation sites (tertiary alicyclic amines) is 1. The number of rotatable bonds is 8. The number of hydrogen-bond donors (Lipinski definition) is 2. The second-order valence-corrected chi connectivity index (χ2v) is 9.94. The predicted molar refractivity (Wildman–Crippen MR) is 129 cm³/mol. The monoisotopic (exact) mass is 463 g/mol. The van der Waals surface area contributed by atoms with Crippen LogP contribution in [0.3, 0.4) is 0 Å². The van der Waals surface area contributed by atoms with E-state index in [1.54, 1.807) is 0 Å². The van der Waals surface area contributed by atoms with Crippen LogP contribution in [0.2, 0.25) is 0 Å². The Labute approximate surface area is 200 Å². The van der Waals surface area contributed by atoms with Gasteiger partial charge in [-0.15, -0.1) is 0 Å². The zero-order valence-electron chi connectivity index (χ0n) is 19.7. The fourth-order valence-electron chi connectivity index (χ4n) is 5.74. The third kappa shape index (κ3) is 4.75. The Morgan fingerprint density at radius 1 is 1.03 bits per heavy atom. The van der Waals surface area contributed by atoms with Crippen molar-refractivity contribution in [3.8, 4) is 11.5 Å². The maximum Gasteiger partial charge on any atom is 0.322 e. The number of aryl methyl sites for hydroxylation is 1. The lowest BCUT2D eigenvalue weighted by atomic mass is 9.74. The number of fused-ring (bicyclic) bond motifs is 1. The molecule has 7 heteroatoms. The molecule has 2 aromatic rings. The number of amides is 3. The standard InChI is InChI=1S/C27H33N3O4/c1-19(15-21-7-8-23-24(16-21)34-18-33-23)17-30-13-10-22(11-14-30)27(25(31)28-26(32)29-27)12-9-20-5-3-2-4-6-20/h2-8,16,19,22H,9-15,17-18H2,1H3,(H2,28,29,31,32)/t19-,27-/m0/s1. The molecule has 0 spiro atoms. The maximum absolute atomic E-state index is 12.9. The Morgan fingerprint density at radius 2 is 1.79 bits per heavy atom. The third-order valence-corrected chi connectivity index (χ3v) is 7.50. The zero-order valence-corrected chi connectivity index (χ0v) is 19.7. The van der Waals surface area contributed by atoms with E-state index in [4.69, 9.17) is 9.47 Å². The van der Waals surface area contributed by atoms with Crippen molar-refractivity contribution in [1.29, 1.82) is 0 Å². The van der Waals surface area contributed by atoms with E-state index in [-0.39, 0.29) is 17.9 Å². The highest BCUT2D eigenvalue weighted by Gasteiger charge is 2.51. The minimum absolute atomic E-state index is 0.142. The van der Waals surface area contributed by atoms with Crippen molar-refractivity contribution >= 4 is 11.9 Å². The summed E-state index contributed by atoms with van der Waals surface area (Å²) in [5.41, 5.74) is 1.64. The number of imide groups is 1. The van der Waals surface area contributed by atoms with Crippen LogP contribution in [0.4, 0.5) is 4.79 Å². The number of urea groups is 1. The minimum atomic E-state index is -0.808. The molecule has 3 aliphatic heterocycles. The van der Waals surface area contributed by atoms with Crippen LogP contribution in [0.25, 0.3) is 0 Å². The molecule has 2 atom stereocenters. The van der Waals surface area contributed by atoms with Crippen LogP contribution in [0.1, 0.15) is 37.3 Å². The van der Waals surface area contributed by atoms with E-state index >= 15 is 0 Å². The normalized spacial score (nSPS) is 23.6. The molecule has 2 N–H and O–H groups in total. The number of carbonyl (C=O) groups excluding carboxylic acids is 2. The highest BCUT2D eigenvalue weighted by Crippen LogP contribution is 2.36. The van der Waals surface area contributed by atoms with E-state index in [0.29, 0.717) is 19.1 Å². The van der Waals surface area contributed by atoms with Crippen molar-refractivity contribution < 1.29 is 19.1 Å². The van der Waals surface area contributed by atoms with Crippen molar-refractivity contribution in [3.05, 3.63) is 59.7 Å². The molecular weight excluding hydrogens is 430 g/mol. The van der Waals surface area contributed by atoms with Crippen LogP contribution in [0.15, 0.2) is 48.5 Å². The number of carbonyl (C=O) groups is 2. The largest absolute Gasteiger partial charge is 0.454 e. The molecule has 3 heterocycles. The Hall–Kier alpha value is -3.06. The smallest absolute Gasteiger partial charge is 0.322 e. The molecule has 2 fully saturated rings. The van der Waals surface area contributed by atoms with E-state index < -0.39 is 5.54 Å². The maximum atomic E-state index is 12.9. The van der Waals surface area contributed by atoms with Gasteiger partial charge in [0.05, 0.1) is 0 Å². The molecule has 0 radical (unpaired) electrons. The molecule has 34 heavy (non-hydrogen) atoms. The second-order valence-electron chi connectivity index (χ2n) is 9.94. The van der Waals surface area contributed by atoms with Crippen molar-refractivity contribution in [1.82, 2.24) is 15.5 Å². The molecule has 7 nitrogen and oxygen atoms in total. The second kappa shape index (κ2) is 9.66. The van der Waals surface area contributed by atoms with Gasteiger partial charge in [-0.1, -0.05) is 43.3 Å². The van der Waals surface area contributed by atoms with Crippen LogP contribution < -0.4 is 20.1 Å². The third-order valence-electron chi connectivity index (χ3n) is 7.50. The predicted octanol–water partition coefficient (Wildman–Crippen LogP) is 3.52. The summed E-state index contributed by atoms with van der Waals surface area (Å²) in [4.78, 5) is 27.5. The molecule has 2 aromatic carbocycles. The average molecular weight is 464 g/mol. The number of piperidine rings is 1. The quantitative estimate of drug-likeness (QED) is 0.586. The van der Waals surface area contributed by atoms with Gasteiger partial charge in [0.15, 0.2) is 11.5 Å². The molecule has 0 bridgehead atoms. The molecule has 0 saturated carbocycles. The van der Waals surface area contributed by atoms with Gasteiger partial charge in [0.25, 0.3) is 5.91 Å². The van der Waals surface area contributed by atoms with Gasteiger partial charge in [0, 0.05) is 6.54 Å². The summed E-state index contributed by atoms with van der Waals surface area (Å²) in [5.74, 6) is 2.13. The van der Waals surface area contributed by atoms with Gasteiger partial charge in [-0.25, -0.2) is 4.79 Å². The zero-order chi connectivity index (χ0) is 23.5. The fourth-order valence-corrected chi connectivity index (χ4v) is 5.74. The number of hydrogen-bond acceptors (Lipinski definition) is 5. The summed E-state index contributed by atoms with van der Waals surface area (Å²) in [6.07, 6.45) is 4.18. The molecule has 0 unspecified atom stereocenters. The van der Waals surface area contributed by atoms with Crippen LogP contribution in [0, 0.1) is 11.8 Å². The van der Waals surface area contributed by atoms with Crippen LogP contribution in [-0.4, -0.2) is 48.8 Å². The lowest BCUT2D eigenvalue weighted by Gasteiger charge is -2.41. The first kappa shape index (κ1) is 22.7. The topological polar surface area (TPSA) is 79.9 Å². The van der Waals surface area contributed by atoms with Gasteiger partial charge in [0.2, 0.25) is 6.79 Å². The summed E-state index contributed by atoms with van der Waals surface area (Å²) < 4.78 is 10.9. The van der Waals surface area contributed by atoms with E-state index in [2.05, 4.69) is 46.7 Å². The first-order valence-corrected chi connectivity index (χ1v) is 12.3. The molecule has 3 amide bonds. The SMILES string of the molecule is C[C@@H](Cc1ccc2c(c1)OCO2)CN1CCC([C@]2(CCc3ccccc3)NC(=O)NC2=O)CC1. The minimum Gasteiger partial charge on any atom is -0.454 e. The lowest BCUT2D eigenvalue weighted by Crippen LogP contribution is -2.56. The Morgan fingerprint density at radius 3 is 2.53 bits per heavy atom. The highest BCUT2D eigenvalue weighted by molar-refractivity contribution is 6.07. The highest BCUT2D eigenvalue weighted by atomic mass is 16.7. The van der Waals surface area contributed by atoms with Gasteiger partial charge >= 0.3 is 6.03 Å². The Bertz CT molecular complexity index is 1040. The summed E-state index contributed by atoms with van der Waals surface area (Å²) in [6, 6.07) is 16.0. The lowest BCUT2D eigenvalue weighted by molar-refractivity contribution is -0.127. The summed E-state index contributed by atoms with van der Waals surface area (Å²) in [5, 5.41) is 5.53. The van der Waals surface area contributed by atoms with Crippen LogP contribution >= 0.6 is 0 Å². The van der Waals surface area contributed by atoms with Crippen LogP contribution in [0.5, 0.6) is 11.5 Å².